The van der Waals surface area contributed by atoms with E-state index in [0.717, 1.165) is 33.2 Å². The molecule has 0 radical (unpaired) electrons. The molecule has 0 aliphatic rings. The van der Waals surface area contributed by atoms with Crippen LogP contribution in [0.5, 0.6) is 0 Å². The van der Waals surface area contributed by atoms with Crippen LogP contribution < -0.4 is 16.4 Å². The fourth-order valence-electron chi connectivity index (χ4n) is 3.30. The fourth-order valence-corrected chi connectivity index (χ4v) is 3.30. The van der Waals surface area contributed by atoms with E-state index in [4.69, 9.17) is 10.7 Å². The molecule has 0 bridgehead atoms. The maximum Gasteiger partial charge on any atom is 0.240 e. The van der Waals surface area contributed by atoms with Gasteiger partial charge in [-0.1, -0.05) is 36.4 Å². The maximum atomic E-state index is 12.0. The summed E-state index contributed by atoms with van der Waals surface area (Å²) in [6, 6.07) is 20.6. The standard InChI is InChI=1S/C23H22N4O2/c1-14(24)23(29)26-17-11-15(13-28)10-16(12-17)25-22-18-6-2-4-8-20(18)27-21-9-5-3-7-19(21)22/h2-12,14,28H,13,24H2,1H3,(H,25,27)(H,26,29)/t14-/m0/s1. The number of benzene rings is 3. The summed E-state index contributed by atoms with van der Waals surface area (Å²) in [6.07, 6.45) is 0. The van der Waals surface area contributed by atoms with Gasteiger partial charge in [-0.05, 0) is 42.8 Å². The van der Waals surface area contributed by atoms with Crippen molar-refractivity contribution in [3.63, 3.8) is 0 Å². The van der Waals surface area contributed by atoms with Gasteiger partial charge in [-0.15, -0.1) is 0 Å². The molecule has 4 rings (SSSR count). The number of aromatic nitrogens is 1. The highest BCUT2D eigenvalue weighted by atomic mass is 16.3. The van der Waals surface area contributed by atoms with Crippen LogP contribution in [0, 0.1) is 0 Å². The van der Waals surface area contributed by atoms with Crippen LogP contribution >= 0.6 is 0 Å². The highest BCUT2D eigenvalue weighted by molar-refractivity contribution is 6.08. The third kappa shape index (κ3) is 3.89. The lowest BCUT2D eigenvalue weighted by Gasteiger charge is -2.16. The van der Waals surface area contributed by atoms with E-state index in [1.54, 1.807) is 13.0 Å². The van der Waals surface area contributed by atoms with Crippen molar-refractivity contribution in [1.82, 2.24) is 4.98 Å². The van der Waals surface area contributed by atoms with E-state index < -0.39 is 6.04 Å². The Kier molecular flexibility index (Phi) is 5.12. The van der Waals surface area contributed by atoms with Gasteiger partial charge in [0, 0.05) is 22.1 Å². The number of carbonyl (C=O) groups excluding carboxylic acids is 1. The van der Waals surface area contributed by atoms with Crippen molar-refractivity contribution in [2.75, 3.05) is 10.6 Å². The van der Waals surface area contributed by atoms with Crippen LogP contribution in [-0.4, -0.2) is 22.0 Å². The smallest absolute Gasteiger partial charge is 0.240 e. The zero-order valence-corrected chi connectivity index (χ0v) is 16.0. The van der Waals surface area contributed by atoms with Crippen LogP contribution in [0.3, 0.4) is 0 Å². The summed E-state index contributed by atoms with van der Waals surface area (Å²) in [4.78, 5) is 16.7. The number of hydrogen-bond donors (Lipinski definition) is 4. The SMILES string of the molecule is C[C@H](N)C(=O)Nc1cc(CO)cc(Nc2c3ccccc3nc3ccccc23)c1. The molecule has 0 saturated heterocycles. The van der Waals surface area contributed by atoms with Gasteiger partial charge in [0.15, 0.2) is 0 Å². The molecule has 0 unspecified atom stereocenters. The second kappa shape index (κ2) is 7.87. The molecule has 1 aromatic heterocycles. The molecule has 0 aliphatic carbocycles. The second-order valence-electron chi connectivity index (χ2n) is 7.00. The minimum Gasteiger partial charge on any atom is -0.392 e. The number of amides is 1. The molecular weight excluding hydrogens is 364 g/mol. The van der Waals surface area contributed by atoms with Crippen LogP contribution in [0.15, 0.2) is 66.7 Å². The fraction of sp³-hybridized carbons (Fsp3) is 0.130. The molecule has 6 heteroatoms. The topological polar surface area (TPSA) is 100 Å². The van der Waals surface area contributed by atoms with E-state index in [1.807, 2.05) is 60.7 Å². The lowest BCUT2D eigenvalue weighted by molar-refractivity contribution is -0.117. The number of rotatable bonds is 5. The lowest BCUT2D eigenvalue weighted by atomic mass is 10.1. The summed E-state index contributed by atoms with van der Waals surface area (Å²) in [7, 11) is 0. The molecule has 0 aliphatic heterocycles. The molecule has 0 saturated carbocycles. The number of nitrogens with one attached hydrogen (secondary N) is 2. The van der Waals surface area contributed by atoms with Crippen LogP contribution in [0.4, 0.5) is 17.1 Å². The quantitative estimate of drug-likeness (QED) is 0.390. The van der Waals surface area contributed by atoms with Gasteiger partial charge < -0.3 is 21.5 Å². The largest absolute Gasteiger partial charge is 0.392 e. The molecular formula is C23H22N4O2. The molecule has 5 N–H and O–H groups in total. The molecule has 1 atom stereocenters. The highest BCUT2D eigenvalue weighted by Gasteiger charge is 2.12. The van der Waals surface area contributed by atoms with Gasteiger partial charge in [-0.2, -0.15) is 0 Å². The van der Waals surface area contributed by atoms with Gasteiger partial charge in [-0.3, -0.25) is 4.79 Å². The minimum absolute atomic E-state index is 0.144. The van der Waals surface area contributed by atoms with E-state index in [9.17, 15) is 9.90 Å². The van der Waals surface area contributed by atoms with Crippen molar-refractivity contribution in [1.29, 1.82) is 0 Å². The minimum atomic E-state index is -0.628. The number of hydrogen-bond acceptors (Lipinski definition) is 5. The Morgan fingerprint density at radius 3 is 2.17 bits per heavy atom. The number of pyridine rings is 1. The molecule has 3 aromatic carbocycles. The van der Waals surface area contributed by atoms with E-state index in [1.165, 1.54) is 0 Å². The summed E-state index contributed by atoms with van der Waals surface area (Å²) >= 11 is 0. The first-order valence-electron chi connectivity index (χ1n) is 9.41. The second-order valence-corrected chi connectivity index (χ2v) is 7.00. The maximum absolute atomic E-state index is 12.0. The predicted molar refractivity (Wildman–Crippen MR) is 117 cm³/mol. The van der Waals surface area contributed by atoms with Gasteiger partial charge >= 0.3 is 0 Å². The summed E-state index contributed by atoms with van der Waals surface area (Å²) in [6.45, 7) is 1.48. The highest BCUT2D eigenvalue weighted by Crippen LogP contribution is 2.34. The van der Waals surface area contributed by atoms with Gasteiger partial charge in [-0.25, -0.2) is 4.98 Å². The number of carbonyl (C=O) groups is 1. The first kappa shape index (κ1) is 18.9. The molecule has 6 nitrogen and oxygen atoms in total. The Bertz CT molecular complexity index is 1150. The van der Waals surface area contributed by atoms with Gasteiger partial charge in [0.1, 0.15) is 0 Å². The van der Waals surface area contributed by atoms with Crippen molar-refractivity contribution in [2.24, 2.45) is 5.73 Å². The zero-order valence-electron chi connectivity index (χ0n) is 16.0. The first-order chi connectivity index (χ1) is 14.0. The molecule has 29 heavy (non-hydrogen) atoms. The van der Waals surface area contributed by atoms with Gasteiger partial charge in [0.25, 0.3) is 0 Å². The van der Waals surface area contributed by atoms with E-state index >= 15 is 0 Å². The van der Waals surface area contributed by atoms with Gasteiger partial charge in [0.05, 0.1) is 29.4 Å². The van der Waals surface area contributed by atoms with Crippen LogP contribution in [-0.2, 0) is 11.4 Å². The van der Waals surface area contributed by atoms with Crippen LogP contribution in [0.2, 0.25) is 0 Å². The Morgan fingerprint density at radius 2 is 1.59 bits per heavy atom. The number of aliphatic hydroxyl groups excluding tert-OH is 1. The Balaban J connectivity index is 1.82. The number of anilines is 3. The third-order valence-corrected chi connectivity index (χ3v) is 4.71. The molecule has 0 fully saturated rings. The average molecular weight is 386 g/mol. The number of aliphatic hydroxyl groups is 1. The average Bonchev–Trinajstić information content (AvgIpc) is 2.73. The molecule has 1 heterocycles. The first-order valence-corrected chi connectivity index (χ1v) is 9.41. The zero-order chi connectivity index (χ0) is 20.4. The number of nitrogens with zero attached hydrogens (tertiary/aromatic N) is 1. The molecule has 1 amide bonds. The summed E-state index contributed by atoms with van der Waals surface area (Å²) < 4.78 is 0. The number of fused-ring (bicyclic) bond motifs is 2. The van der Waals surface area contributed by atoms with Crippen molar-refractivity contribution >= 4 is 44.8 Å². The Labute approximate surface area is 168 Å². The number of para-hydroxylation sites is 2. The lowest BCUT2D eigenvalue weighted by Crippen LogP contribution is -2.32. The monoisotopic (exact) mass is 386 g/mol. The van der Waals surface area contributed by atoms with Crippen molar-refractivity contribution in [2.45, 2.75) is 19.6 Å². The van der Waals surface area contributed by atoms with E-state index in [0.29, 0.717) is 11.3 Å². The third-order valence-electron chi connectivity index (χ3n) is 4.71. The molecule has 4 aromatic rings. The Morgan fingerprint density at radius 1 is 1.00 bits per heavy atom. The summed E-state index contributed by atoms with van der Waals surface area (Å²) in [5, 5.41) is 17.9. The molecule has 146 valence electrons. The van der Waals surface area contributed by atoms with E-state index in [-0.39, 0.29) is 12.5 Å². The molecule has 0 spiro atoms. The van der Waals surface area contributed by atoms with Crippen LogP contribution in [0.1, 0.15) is 12.5 Å². The van der Waals surface area contributed by atoms with Crippen molar-refractivity contribution in [3.8, 4) is 0 Å². The van der Waals surface area contributed by atoms with Crippen molar-refractivity contribution in [3.05, 3.63) is 72.3 Å². The van der Waals surface area contributed by atoms with Gasteiger partial charge in [0.2, 0.25) is 5.91 Å². The van der Waals surface area contributed by atoms with Crippen LogP contribution in [0.25, 0.3) is 21.8 Å². The predicted octanol–water partition coefficient (Wildman–Crippen LogP) is 3.91. The normalized spacial score (nSPS) is 12.1. The van der Waals surface area contributed by atoms with E-state index in [2.05, 4.69) is 10.6 Å². The van der Waals surface area contributed by atoms with Crippen molar-refractivity contribution < 1.29 is 9.90 Å². The summed E-state index contributed by atoms with van der Waals surface area (Å²) in [5.74, 6) is -0.286. The number of nitrogens with two attached hydrogens (primary N) is 1. The Hall–Kier alpha value is -3.48. The summed E-state index contributed by atoms with van der Waals surface area (Å²) in [5.41, 5.74) is 10.4.